The maximum atomic E-state index is 15.6. The summed E-state index contributed by atoms with van der Waals surface area (Å²) in [6, 6.07) is 0. The van der Waals surface area contributed by atoms with Gasteiger partial charge in [0, 0.05) is 11.8 Å². The van der Waals surface area contributed by atoms with Crippen molar-refractivity contribution in [2.24, 2.45) is 28.6 Å². The molecule has 0 heterocycles. The average molecular weight is 332 g/mol. The second-order valence-corrected chi connectivity index (χ2v) is 9.32. The molecule has 0 aliphatic heterocycles. The minimum absolute atomic E-state index is 0.121. The predicted octanol–water partition coefficient (Wildman–Crippen LogP) is 4.82. The summed E-state index contributed by atoms with van der Waals surface area (Å²) in [5.74, 6) is 1.40. The van der Waals surface area contributed by atoms with Gasteiger partial charge in [0.25, 0.3) is 0 Å². The molecule has 0 N–H and O–H groups in total. The topological polar surface area (TPSA) is 34.1 Å². The molecule has 0 unspecified atom stereocenters. The van der Waals surface area contributed by atoms with E-state index < -0.39 is 11.1 Å². The molecular weight excluding hydrogens is 303 g/mol. The minimum Gasteiger partial charge on any atom is -0.296 e. The number of ketones is 2. The molecular formula is C21H29FO2. The lowest BCUT2D eigenvalue weighted by Crippen LogP contribution is -2.55. The summed E-state index contributed by atoms with van der Waals surface area (Å²) in [6.45, 7) is 5.82. The van der Waals surface area contributed by atoms with Crippen molar-refractivity contribution in [3.05, 3.63) is 11.6 Å². The first kappa shape index (κ1) is 16.5. The van der Waals surface area contributed by atoms with E-state index in [0.717, 1.165) is 38.5 Å². The van der Waals surface area contributed by atoms with Gasteiger partial charge in [-0.2, -0.15) is 0 Å². The standard InChI is InChI=1S/C21H29FO2/c1-13(23)21(22)11-8-18-16-5-4-14-12-15(24)6-9-19(14,2)17(16)7-10-20(18,21)3/h12,16-18H,4-11H2,1-3H3/t16-,17+,18+,19+,20+,21+/m1/s1. The molecule has 0 radical (unpaired) electrons. The number of hydrogen-bond donors (Lipinski definition) is 0. The number of allylic oxidation sites excluding steroid dienone is 1. The smallest absolute Gasteiger partial charge is 0.174 e. The van der Waals surface area contributed by atoms with Gasteiger partial charge in [-0.3, -0.25) is 9.59 Å². The number of alkyl halides is 1. The number of hydrogen-bond acceptors (Lipinski definition) is 2. The highest BCUT2D eigenvalue weighted by Gasteiger charge is 2.66. The van der Waals surface area contributed by atoms with E-state index >= 15 is 4.39 Å². The molecule has 3 heteroatoms. The first-order valence-corrected chi connectivity index (χ1v) is 9.66. The second kappa shape index (κ2) is 5.02. The van der Waals surface area contributed by atoms with Crippen LogP contribution in [0.2, 0.25) is 0 Å². The summed E-state index contributed by atoms with van der Waals surface area (Å²) >= 11 is 0. The maximum Gasteiger partial charge on any atom is 0.174 e. The molecule has 4 rings (SSSR count). The SMILES string of the molecule is CC(=O)[C@@]1(F)CC[C@H]2[C@@H]3CCC4=CC(=O)CC[C@]4(C)[C@H]3CC[C@@]21C. The van der Waals surface area contributed by atoms with Crippen molar-refractivity contribution in [3.63, 3.8) is 0 Å². The quantitative estimate of drug-likeness (QED) is 0.690. The van der Waals surface area contributed by atoms with E-state index in [1.54, 1.807) is 0 Å². The van der Waals surface area contributed by atoms with Crippen LogP contribution in [0.5, 0.6) is 0 Å². The van der Waals surface area contributed by atoms with Crippen molar-refractivity contribution >= 4 is 11.6 Å². The van der Waals surface area contributed by atoms with Crippen LogP contribution in [-0.2, 0) is 9.59 Å². The van der Waals surface area contributed by atoms with E-state index in [1.807, 2.05) is 13.0 Å². The van der Waals surface area contributed by atoms with Crippen LogP contribution in [0.15, 0.2) is 11.6 Å². The van der Waals surface area contributed by atoms with Crippen molar-refractivity contribution in [2.45, 2.75) is 77.8 Å². The molecule has 0 aromatic heterocycles. The van der Waals surface area contributed by atoms with Crippen molar-refractivity contribution in [2.75, 3.05) is 0 Å². The van der Waals surface area contributed by atoms with Crippen molar-refractivity contribution < 1.29 is 14.0 Å². The van der Waals surface area contributed by atoms with Gasteiger partial charge >= 0.3 is 0 Å². The van der Waals surface area contributed by atoms with E-state index in [2.05, 4.69) is 6.92 Å². The Kier molecular flexibility index (Phi) is 3.44. The highest BCUT2D eigenvalue weighted by Crippen LogP contribution is 2.68. The van der Waals surface area contributed by atoms with Crippen LogP contribution in [-0.4, -0.2) is 17.2 Å². The van der Waals surface area contributed by atoms with Gasteiger partial charge in [0.2, 0.25) is 0 Å². The van der Waals surface area contributed by atoms with Gasteiger partial charge in [-0.1, -0.05) is 19.4 Å². The number of Topliss-reactive ketones (excluding diaryl/α,β-unsaturated/α-hetero) is 1. The fourth-order valence-electron chi connectivity index (χ4n) is 7.12. The number of carbonyl (C=O) groups is 2. The molecule has 0 aromatic carbocycles. The summed E-state index contributed by atoms with van der Waals surface area (Å²) in [4.78, 5) is 23.9. The Hall–Kier alpha value is -0.990. The summed E-state index contributed by atoms with van der Waals surface area (Å²) < 4.78 is 15.6. The molecule has 2 nitrogen and oxygen atoms in total. The lowest BCUT2D eigenvalue weighted by Gasteiger charge is -2.58. The fraction of sp³-hybridized carbons (Fsp3) is 0.810. The van der Waals surface area contributed by atoms with Crippen LogP contribution >= 0.6 is 0 Å². The van der Waals surface area contributed by atoms with E-state index in [-0.39, 0.29) is 17.0 Å². The molecule has 0 amide bonds. The Labute approximate surface area is 144 Å². The van der Waals surface area contributed by atoms with Gasteiger partial charge in [-0.15, -0.1) is 0 Å². The molecule has 6 atom stereocenters. The Bertz CT molecular complexity index is 638. The molecule has 0 bridgehead atoms. The Morgan fingerprint density at radius 2 is 1.79 bits per heavy atom. The minimum atomic E-state index is -1.62. The van der Waals surface area contributed by atoms with E-state index in [9.17, 15) is 9.59 Å². The largest absolute Gasteiger partial charge is 0.296 e. The lowest BCUT2D eigenvalue weighted by molar-refractivity contribution is -0.144. The Morgan fingerprint density at radius 3 is 2.50 bits per heavy atom. The van der Waals surface area contributed by atoms with E-state index in [4.69, 9.17) is 0 Å². The maximum absolute atomic E-state index is 15.6. The van der Waals surface area contributed by atoms with Gasteiger partial charge < -0.3 is 0 Å². The van der Waals surface area contributed by atoms with Crippen molar-refractivity contribution in [1.29, 1.82) is 0 Å². The fourth-order valence-corrected chi connectivity index (χ4v) is 7.12. The zero-order valence-corrected chi connectivity index (χ0v) is 15.2. The number of carbonyl (C=O) groups excluding carboxylic acids is 2. The van der Waals surface area contributed by atoms with Gasteiger partial charge in [0.05, 0.1) is 0 Å². The normalized spacial score (nSPS) is 50.6. The van der Waals surface area contributed by atoms with Crippen LogP contribution in [0, 0.1) is 28.6 Å². The van der Waals surface area contributed by atoms with Crippen LogP contribution in [0.4, 0.5) is 4.39 Å². The van der Waals surface area contributed by atoms with Crippen LogP contribution in [0.3, 0.4) is 0 Å². The molecule has 0 saturated heterocycles. The molecule has 132 valence electrons. The second-order valence-electron chi connectivity index (χ2n) is 9.32. The van der Waals surface area contributed by atoms with Gasteiger partial charge in [-0.25, -0.2) is 4.39 Å². The van der Waals surface area contributed by atoms with E-state index in [0.29, 0.717) is 30.6 Å². The predicted molar refractivity (Wildman–Crippen MR) is 91.2 cm³/mol. The molecule has 4 aliphatic carbocycles. The van der Waals surface area contributed by atoms with Crippen molar-refractivity contribution in [1.82, 2.24) is 0 Å². The first-order valence-electron chi connectivity index (χ1n) is 9.66. The first-order chi connectivity index (χ1) is 11.2. The summed E-state index contributed by atoms with van der Waals surface area (Å²) in [5, 5.41) is 0. The Morgan fingerprint density at radius 1 is 1.08 bits per heavy atom. The molecule has 4 aliphatic rings. The zero-order chi connectivity index (χ0) is 17.3. The number of fused-ring (bicyclic) bond motifs is 5. The number of rotatable bonds is 1. The molecule has 0 aromatic rings. The van der Waals surface area contributed by atoms with E-state index in [1.165, 1.54) is 12.5 Å². The zero-order valence-electron chi connectivity index (χ0n) is 15.2. The third-order valence-corrected chi connectivity index (χ3v) is 8.61. The highest BCUT2D eigenvalue weighted by molar-refractivity contribution is 5.91. The molecule has 0 spiro atoms. The third-order valence-electron chi connectivity index (χ3n) is 8.61. The van der Waals surface area contributed by atoms with Crippen molar-refractivity contribution in [3.8, 4) is 0 Å². The summed E-state index contributed by atoms with van der Waals surface area (Å²) in [6.07, 6.45) is 8.64. The number of halogens is 1. The van der Waals surface area contributed by atoms with Crippen LogP contribution in [0.1, 0.15) is 72.1 Å². The molecule has 24 heavy (non-hydrogen) atoms. The van der Waals surface area contributed by atoms with Crippen LogP contribution in [0.25, 0.3) is 0 Å². The monoisotopic (exact) mass is 332 g/mol. The Balaban J connectivity index is 1.70. The third kappa shape index (κ3) is 1.87. The van der Waals surface area contributed by atoms with Gasteiger partial charge in [0.1, 0.15) is 0 Å². The summed E-state index contributed by atoms with van der Waals surface area (Å²) in [7, 11) is 0. The van der Waals surface area contributed by atoms with Crippen LogP contribution < -0.4 is 0 Å². The highest BCUT2D eigenvalue weighted by atomic mass is 19.1. The molecule has 3 fully saturated rings. The van der Waals surface area contributed by atoms with Gasteiger partial charge in [0.15, 0.2) is 17.2 Å². The molecule has 3 saturated carbocycles. The summed E-state index contributed by atoms with van der Waals surface area (Å²) in [5.41, 5.74) is -0.639. The average Bonchev–Trinajstić information content (AvgIpc) is 2.81. The van der Waals surface area contributed by atoms with Gasteiger partial charge in [-0.05, 0) is 81.1 Å². The lowest BCUT2D eigenvalue weighted by atomic mass is 9.46.